The number of halogens is 3. The van der Waals surface area contributed by atoms with E-state index in [4.69, 9.17) is 4.74 Å². The lowest BCUT2D eigenvalue weighted by atomic mass is 10.1. The lowest BCUT2D eigenvalue weighted by Crippen LogP contribution is -2.41. The third kappa shape index (κ3) is 5.57. The third-order valence-electron chi connectivity index (χ3n) is 4.19. The monoisotopic (exact) mass is 450 g/mol. The molecular formula is C20H17F3N4O3S. The number of benzene rings is 2. The van der Waals surface area contributed by atoms with Crippen molar-refractivity contribution in [2.75, 3.05) is 12.4 Å². The molecule has 2 amide bonds. The van der Waals surface area contributed by atoms with Crippen LogP contribution in [0.3, 0.4) is 0 Å². The summed E-state index contributed by atoms with van der Waals surface area (Å²) in [4.78, 5) is 24.6. The minimum absolute atomic E-state index is 0.202. The number of carbonyl (C=O) groups excluding carboxylic acids is 2. The first kappa shape index (κ1) is 22.2. The van der Waals surface area contributed by atoms with Gasteiger partial charge in [0.1, 0.15) is 16.8 Å². The number of alkyl halides is 3. The number of methoxy groups -OCH3 is 1. The van der Waals surface area contributed by atoms with Crippen molar-refractivity contribution in [3.63, 3.8) is 0 Å². The molecule has 0 spiro atoms. The predicted octanol–water partition coefficient (Wildman–Crippen LogP) is 3.99. The number of anilines is 1. The normalized spacial score (nSPS) is 12.2. The second-order valence-electron chi connectivity index (χ2n) is 6.40. The van der Waals surface area contributed by atoms with Crippen LogP contribution in [0.1, 0.15) is 22.8 Å². The van der Waals surface area contributed by atoms with Crippen molar-refractivity contribution in [3.05, 3.63) is 59.7 Å². The van der Waals surface area contributed by atoms with Gasteiger partial charge < -0.3 is 10.1 Å². The number of hydrogen-bond donors (Lipinski definition) is 2. The van der Waals surface area contributed by atoms with Gasteiger partial charge in [0.05, 0.1) is 12.7 Å². The maximum absolute atomic E-state index is 12.8. The average molecular weight is 450 g/mol. The van der Waals surface area contributed by atoms with Gasteiger partial charge in [0.2, 0.25) is 11.0 Å². The van der Waals surface area contributed by atoms with Crippen LogP contribution in [0.15, 0.2) is 48.5 Å². The van der Waals surface area contributed by atoms with Crippen molar-refractivity contribution in [2.45, 2.75) is 19.1 Å². The van der Waals surface area contributed by atoms with Gasteiger partial charge in [0, 0.05) is 11.1 Å². The summed E-state index contributed by atoms with van der Waals surface area (Å²) >= 11 is 1.13. The first-order chi connectivity index (χ1) is 14.7. The van der Waals surface area contributed by atoms with Crippen LogP contribution in [0.2, 0.25) is 0 Å². The maximum atomic E-state index is 12.8. The molecule has 0 aliphatic carbocycles. The van der Waals surface area contributed by atoms with Gasteiger partial charge in [-0.05, 0) is 49.4 Å². The van der Waals surface area contributed by atoms with E-state index < -0.39 is 29.6 Å². The van der Waals surface area contributed by atoms with Gasteiger partial charge in [0.25, 0.3) is 5.91 Å². The van der Waals surface area contributed by atoms with Gasteiger partial charge in [-0.3, -0.25) is 14.9 Å². The molecule has 11 heteroatoms. The summed E-state index contributed by atoms with van der Waals surface area (Å²) in [5.74, 6) is -0.699. The van der Waals surface area contributed by atoms with E-state index in [0.29, 0.717) is 10.8 Å². The first-order valence-electron chi connectivity index (χ1n) is 8.94. The highest BCUT2D eigenvalue weighted by molar-refractivity contribution is 7.18. The van der Waals surface area contributed by atoms with Crippen LogP contribution in [0.25, 0.3) is 10.6 Å². The van der Waals surface area contributed by atoms with Crippen LogP contribution < -0.4 is 15.4 Å². The molecule has 31 heavy (non-hydrogen) atoms. The number of nitrogens with zero attached hydrogens (tertiary/aromatic N) is 2. The van der Waals surface area contributed by atoms with Crippen LogP contribution >= 0.6 is 11.3 Å². The van der Waals surface area contributed by atoms with Crippen molar-refractivity contribution < 1.29 is 27.5 Å². The molecular weight excluding hydrogens is 433 g/mol. The van der Waals surface area contributed by atoms with E-state index in [1.807, 2.05) is 0 Å². The van der Waals surface area contributed by atoms with Crippen molar-refractivity contribution in [1.29, 1.82) is 0 Å². The van der Waals surface area contributed by atoms with Crippen LogP contribution in [0.4, 0.5) is 18.3 Å². The molecule has 1 heterocycles. The third-order valence-corrected chi connectivity index (χ3v) is 5.07. The summed E-state index contributed by atoms with van der Waals surface area (Å²) < 4.78 is 43.5. The minimum Gasteiger partial charge on any atom is -0.497 e. The van der Waals surface area contributed by atoms with Gasteiger partial charge >= 0.3 is 6.18 Å². The lowest BCUT2D eigenvalue weighted by molar-refractivity contribution is -0.137. The van der Waals surface area contributed by atoms with Crippen LogP contribution in [-0.2, 0) is 11.0 Å². The van der Waals surface area contributed by atoms with Crippen molar-refractivity contribution in [2.24, 2.45) is 0 Å². The number of aromatic nitrogens is 2. The van der Waals surface area contributed by atoms with E-state index in [1.165, 1.54) is 13.0 Å². The molecule has 0 saturated carbocycles. The number of hydrogen-bond acceptors (Lipinski definition) is 6. The van der Waals surface area contributed by atoms with E-state index in [1.54, 1.807) is 31.4 Å². The molecule has 0 aliphatic rings. The fourth-order valence-electron chi connectivity index (χ4n) is 2.52. The number of ether oxygens (including phenoxy) is 1. The molecule has 162 valence electrons. The Morgan fingerprint density at radius 1 is 1.10 bits per heavy atom. The Labute approximate surface area is 179 Å². The lowest BCUT2D eigenvalue weighted by Gasteiger charge is -2.14. The van der Waals surface area contributed by atoms with Gasteiger partial charge in [-0.2, -0.15) is 13.2 Å². The topological polar surface area (TPSA) is 93.2 Å². The Hall–Kier alpha value is -3.47. The largest absolute Gasteiger partial charge is 0.497 e. The summed E-state index contributed by atoms with van der Waals surface area (Å²) in [6.07, 6.45) is -4.57. The highest BCUT2D eigenvalue weighted by Gasteiger charge is 2.31. The average Bonchev–Trinajstić information content (AvgIpc) is 3.21. The molecule has 0 saturated heterocycles. The number of nitrogens with one attached hydrogen (secondary N) is 2. The molecule has 7 nitrogen and oxygen atoms in total. The van der Waals surface area contributed by atoms with E-state index in [2.05, 4.69) is 20.8 Å². The fourth-order valence-corrected chi connectivity index (χ4v) is 3.27. The molecule has 2 aromatic carbocycles. The molecule has 0 aliphatic heterocycles. The standard InChI is InChI=1S/C20H17F3N4O3S/c1-11(24-17(29)13-4-3-5-14(10-13)20(21,22)23)16(28)25-19-27-26-18(31-19)12-6-8-15(30-2)9-7-12/h3-11H,1-2H3,(H,24,29)(H,25,27,28). The summed E-state index contributed by atoms with van der Waals surface area (Å²) in [5.41, 5.74) is -0.367. The first-order valence-corrected chi connectivity index (χ1v) is 9.76. The second-order valence-corrected chi connectivity index (χ2v) is 7.38. The van der Waals surface area contributed by atoms with E-state index >= 15 is 0 Å². The Balaban J connectivity index is 1.62. The fraction of sp³-hybridized carbons (Fsp3) is 0.200. The molecule has 1 aromatic heterocycles. The smallest absolute Gasteiger partial charge is 0.416 e. The SMILES string of the molecule is COc1ccc(-c2nnc(NC(=O)C(C)NC(=O)c3cccc(C(F)(F)F)c3)s2)cc1. The van der Waals surface area contributed by atoms with Gasteiger partial charge in [0.15, 0.2) is 0 Å². The van der Waals surface area contributed by atoms with Crippen molar-refractivity contribution in [1.82, 2.24) is 15.5 Å². The van der Waals surface area contributed by atoms with Crippen molar-refractivity contribution in [3.8, 4) is 16.3 Å². The molecule has 2 N–H and O–H groups in total. The summed E-state index contributed by atoms with van der Waals surface area (Å²) in [6, 6.07) is 10.1. The quantitative estimate of drug-likeness (QED) is 0.593. The molecule has 0 fully saturated rings. The van der Waals surface area contributed by atoms with Gasteiger partial charge in [-0.1, -0.05) is 17.4 Å². The Morgan fingerprint density at radius 2 is 1.81 bits per heavy atom. The molecule has 1 atom stereocenters. The summed E-state index contributed by atoms with van der Waals surface area (Å²) in [5, 5.41) is 13.6. The van der Waals surface area contributed by atoms with Gasteiger partial charge in [-0.15, -0.1) is 10.2 Å². The summed E-state index contributed by atoms with van der Waals surface area (Å²) in [6.45, 7) is 1.41. The molecule has 3 rings (SSSR count). The van der Waals surface area contributed by atoms with Crippen LogP contribution in [0.5, 0.6) is 5.75 Å². The Bertz CT molecular complexity index is 1080. The van der Waals surface area contributed by atoms with Gasteiger partial charge in [-0.25, -0.2) is 0 Å². The van der Waals surface area contributed by atoms with E-state index in [0.717, 1.165) is 35.1 Å². The molecule has 1 unspecified atom stereocenters. The maximum Gasteiger partial charge on any atom is 0.416 e. The molecule has 3 aromatic rings. The number of amides is 2. The zero-order valence-electron chi connectivity index (χ0n) is 16.4. The van der Waals surface area contributed by atoms with Crippen LogP contribution in [0, 0.1) is 0 Å². The second kappa shape index (κ2) is 9.13. The van der Waals surface area contributed by atoms with Crippen molar-refractivity contribution >= 4 is 28.3 Å². The predicted molar refractivity (Wildman–Crippen MR) is 109 cm³/mol. The highest BCUT2D eigenvalue weighted by Crippen LogP contribution is 2.30. The Morgan fingerprint density at radius 3 is 2.45 bits per heavy atom. The molecule has 0 bridgehead atoms. The number of carbonyl (C=O) groups is 2. The Kier molecular flexibility index (Phi) is 6.54. The zero-order valence-corrected chi connectivity index (χ0v) is 17.2. The summed E-state index contributed by atoms with van der Waals surface area (Å²) in [7, 11) is 1.56. The van der Waals surface area contributed by atoms with Crippen LogP contribution in [-0.4, -0.2) is 35.2 Å². The minimum atomic E-state index is -4.57. The van der Waals surface area contributed by atoms with E-state index in [9.17, 15) is 22.8 Å². The van der Waals surface area contributed by atoms with E-state index in [-0.39, 0.29) is 10.7 Å². The molecule has 0 radical (unpaired) electrons. The number of rotatable bonds is 6. The highest BCUT2D eigenvalue weighted by atomic mass is 32.1. The zero-order chi connectivity index (χ0) is 22.6.